The first kappa shape index (κ1) is 25.9. The zero-order chi connectivity index (χ0) is 24.5. The van der Waals surface area contributed by atoms with Crippen molar-refractivity contribution in [1.29, 1.82) is 0 Å². The average Bonchev–Trinajstić information content (AvgIpc) is 2.74. The fraction of sp³-hybridized carbons (Fsp3) is 0.333. The van der Waals surface area contributed by atoms with Gasteiger partial charge in [-0.05, 0) is 49.6 Å². The van der Waals surface area contributed by atoms with Crippen LogP contribution in [0.2, 0.25) is 5.02 Å². The van der Waals surface area contributed by atoms with Crippen LogP contribution in [0.5, 0.6) is 0 Å². The minimum absolute atomic E-state index is 0.175. The van der Waals surface area contributed by atoms with E-state index in [9.17, 15) is 19.2 Å². The molecule has 0 saturated heterocycles. The van der Waals surface area contributed by atoms with Crippen molar-refractivity contribution in [3.05, 3.63) is 64.2 Å². The fourth-order valence-electron chi connectivity index (χ4n) is 3.16. The summed E-state index contributed by atoms with van der Waals surface area (Å²) in [6, 6.07) is 11.7. The number of hydrogen-bond donors (Lipinski definition) is 3. The van der Waals surface area contributed by atoms with Crippen LogP contribution < -0.4 is 16.0 Å². The van der Waals surface area contributed by atoms with Gasteiger partial charge in [-0.1, -0.05) is 41.9 Å². The SMILES string of the molecule is CC(=O)NC(CC(=O)OC(C)C(=O)NCC(=O)Nc1c(C)cccc1C)c1ccc(Cl)cc1. The standard InChI is InChI=1S/C24H28ClN3O5/c1-14-6-5-7-15(2)23(14)28-21(30)13-26-24(32)16(3)33-22(31)12-20(27-17(4)29)18-8-10-19(25)11-9-18/h5-11,16,20H,12-13H2,1-4H3,(H,26,32)(H,27,29)(H,28,30). The highest BCUT2D eigenvalue weighted by atomic mass is 35.5. The number of rotatable bonds is 9. The first-order chi connectivity index (χ1) is 15.6. The second-order valence-corrected chi connectivity index (χ2v) is 8.11. The zero-order valence-electron chi connectivity index (χ0n) is 19.0. The number of carbonyl (C=O) groups is 4. The lowest BCUT2D eigenvalue weighted by Gasteiger charge is -2.19. The second kappa shape index (κ2) is 12.0. The molecule has 8 nitrogen and oxygen atoms in total. The molecular weight excluding hydrogens is 446 g/mol. The monoisotopic (exact) mass is 473 g/mol. The van der Waals surface area contributed by atoms with Crippen molar-refractivity contribution >= 4 is 41.0 Å². The number of anilines is 1. The average molecular weight is 474 g/mol. The molecule has 0 bridgehead atoms. The number of amides is 3. The maximum Gasteiger partial charge on any atom is 0.309 e. The van der Waals surface area contributed by atoms with Crippen molar-refractivity contribution in [3.63, 3.8) is 0 Å². The van der Waals surface area contributed by atoms with Gasteiger partial charge in [-0.2, -0.15) is 0 Å². The van der Waals surface area contributed by atoms with Crippen molar-refractivity contribution in [3.8, 4) is 0 Å². The van der Waals surface area contributed by atoms with E-state index < -0.39 is 29.9 Å². The quantitative estimate of drug-likeness (QED) is 0.484. The van der Waals surface area contributed by atoms with Crippen LogP contribution in [0.15, 0.2) is 42.5 Å². The minimum atomic E-state index is -1.12. The normalized spacial score (nSPS) is 12.3. The molecule has 33 heavy (non-hydrogen) atoms. The number of para-hydroxylation sites is 1. The van der Waals surface area contributed by atoms with Gasteiger partial charge >= 0.3 is 5.97 Å². The Balaban J connectivity index is 1.88. The number of benzene rings is 2. The van der Waals surface area contributed by atoms with Crippen LogP contribution in [-0.4, -0.2) is 36.3 Å². The van der Waals surface area contributed by atoms with Gasteiger partial charge in [0.25, 0.3) is 5.91 Å². The fourth-order valence-corrected chi connectivity index (χ4v) is 3.29. The molecule has 0 heterocycles. The molecule has 3 N–H and O–H groups in total. The van der Waals surface area contributed by atoms with Crippen LogP contribution in [0.4, 0.5) is 5.69 Å². The van der Waals surface area contributed by atoms with Crippen LogP contribution in [-0.2, 0) is 23.9 Å². The number of esters is 1. The maximum atomic E-state index is 12.4. The summed E-state index contributed by atoms with van der Waals surface area (Å²) >= 11 is 5.89. The summed E-state index contributed by atoms with van der Waals surface area (Å²) in [6.07, 6.45) is -1.29. The highest BCUT2D eigenvalue weighted by molar-refractivity contribution is 6.30. The predicted octanol–water partition coefficient (Wildman–Crippen LogP) is 3.21. The molecule has 0 aliphatic heterocycles. The molecule has 0 aromatic heterocycles. The topological polar surface area (TPSA) is 114 Å². The van der Waals surface area contributed by atoms with E-state index in [2.05, 4.69) is 16.0 Å². The van der Waals surface area contributed by atoms with Crippen LogP contribution in [0.1, 0.15) is 43.0 Å². The van der Waals surface area contributed by atoms with E-state index in [1.54, 1.807) is 24.3 Å². The van der Waals surface area contributed by atoms with Gasteiger partial charge in [0.2, 0.25) is 11.8 Å². The summed E-state index contributed by atoms with van der Waals surface area (Å²) in [5.74, 6) is -2.00. The molecule has 9 heteroatoms. The first-order valence-corrected chi connectivity index (χ1v) is 10.8. The number of ether oxygens (including phenoxy) is 1. The van der Waals surface area contributed by atoms with Crippen molar-refractivity contribution in [2.75, 3.05) is 11.9 Å². The van der Waals surface area contributed by atoms with E-state index in [0.717, 1.165) is 11.1 Å². The summed E-state index contributed by atoms with van der Waals surface area (Å²) in [5.41, 5.74) is 3.19. The Bertz CT molecular complexity index is 1000. The van der Waals surface area contributed by atoms with Gasteiger partial charge in [0, 0.05) is 17.6 Å². The zero-order valence-corrected chi connectivity index (χ0v) is 19.8. The summed E-state index contributed by atoms with van der Waals surface area (Å²) in [5, 5.41) is 8.43. The molecule has 0 spiro atoms. The largest absolute Gasteiger partial charge is 0.452 e. The van der Waals surface area contributed by atoms with E-state index in [0.29, 0.717) is 16.3 Å². The molecule has 2 aromatic rings. The van der Waals surface area contributed by atoms with E-state index in [-0.39, 0.29) is 18.9 Å². The minimum Gasteiger partial charge on any atom is -0.452 e. The van der Waals surface area contributed by atoms with Crippen molar-refractivity contribution in [2.45, 2.75) is 46.3 Å². The van der Waals surface area contributed by atoms with Gasteiger partial charge in [0.05, 0.1) is 19.0 Å². The molecule has 176 valence electrons. The van der Waals surface area contributed by atoms with Crippen LogP contribution in [0.3, 0.4) is 0 Å². The molecule has 2 unspecified atom stereocenters. The lowest BCUT2D eigenvalue weighted by atomic mass is 10.0. The van der Waals surface area contributed by atoms with Gasteiger partial charge in [-0.25, -0.2) is 0 Å². The third-order valence-electron chi connectivity index (χ3n) is 4.87. The van der Waals surface area contributed by atoms with E-state index >= 15 is 0 Å². The molecule has 0 radical (unpaired) electrons. The summed E-state index contributed by atoms with van der Waals surface area (Å²) in [6.45, 7) is 6.23. The number of halogens is 1. The van der Waals surface area contributed by atoms with Crippen LogP contribution >= 0.6 is 11.6 Å². The van der Waals surface area contributed by atoms with E-state index in [1.807, 2.05) is 32.0 Å². The Hall–Kier alpha value is -3.39. The van der Waals surface area contributed by atoms with E-state index in [1.165, 1.54) is 13.8 Å². The van der Waals surface area contributed by atoms with Crippen LogP contribution in [0.25, 0.3) is 0 Å². The molecule has 0 fully saturated rings. The lowest BCUT2D eigenvalue weighted by molar-refractivity contribution is -0.155. The smallest absolute Gasteiger partial charge is 0.309 e. The van der Waals surface area contributed by atoms with Crippen molar-refractivity contribution < 1.29 is 23.9 Å². The molecule has 2 atom stereocenters. The van der Waals surface area contributed by atoms with Gasteiger partial charge < -0.3 is 20.7 Å². The Kier molecular flexibility index (Phi) is 9.42. The van der Waals surface area contributed by atoms with Crippen molar-refractivity contribution in [2.24, 2.45) is 0 Å². The summed E-state index contributed by atoms with van der Waals surface area (Å²) < 4.78 is 5.20. The third-order valence-corrected chi connectivity index (χ3v) is 5.12. The number of aryl methyl sites for hydroxylation is 2. The Labute approximate surface area is 198 Å². The first-order valence-electron chi connectivity index (χ1n) is 10.4. The highest BCUT2D eigenvalue weighted by Crippen LogP contribution is 2.21. The lowest BCUT2D eigenvalue weighted by Crippen LogP contribution is -2.40. The molecule has 2 aromatic carbocycles. The Morgan fingerprint density at radius 2 is 1.61 bits per heavy atom. The maximum absolute atomic E-state index is 12.4. The molecule has 0 aliphatic carbocycles. The van der Waals surface area contributed by atoms with Gasteiger partial charge in [0.15, 0.2) is 6.10 Å². The van der Waals surface area contributed by atoms with Gasteiger partial charge in [-0.3, -0.25) is 19.2 Å². The molecule has 3 amide bonds. The molecule has 2 rings (SSSR count). The molecular formula is C24H28ClN3O5. The van der Waals surface area contributed by atoms with Crippen LogP contribution in [0, 0.1) is 13.8 Å². The summed E-state index contributed by atoms with van der Waals surface area (Å²) in [7, 11) is 0. The summed E-state index contributed by atoms with van der Waals surface area (Å²) in [4.78, 5) is 48.4. The van der Waals surface area contributed by atoms with Crippen molar-refractivity contribution in [1.82, 2.24) is 10.6 Å². The number of hydrogen-bond acceptors (Lipinski definition) is 5. The Morgan fingerprint density at radius 3 is 2.18 bits per heavy atom. The molecule has 0 aliphatic rings. The Morgan fingerprint density at radius 1 is 1.00 bits per heavy atom. The second-order valence-electron chi connectivity index (χ2n) is 7.67. The number of carbonyl (C=O) groups excluding carboxylic acids is 4. The number of nitrogens with one attached hydrogen (secondary N) is 3. The van der Waals surface area contributed by atoms with Gasteiger partial charge in [-0.15, -0.1) is 0 Å². The molecule has 0 saturated carbocycles. The third kappa shape index (κ3) is 8.23. The highest BCUT2D eigenvalue weighted by Gasteiger charge is 2.23. The van der Waals surface area contributed by atoms with Gasteiger partial charge in [0.1, 0.15) is 0 Å². The predicted molar refractivity (Wildman–Crippen MR) is 126 cm³/mol. The van der Waals surface area contributed by atoms with E-state index in [4.69, 9.17) is 16.3 Å².